The van der Waals surface area contributed by atoms with Gasteiger partial charge in [-0.1, -0.05) is 6.07 Å². The zero-order chi connectivity index (χ0) is 8.84. The molecule has 1 saturated carbocycles. The van der Waals surface area contributed by atoms with Crippen molar-refractivity contribution in [2.24, 2.45) is 0 Å². The van der Waals surface area contributed by atoms with Crippen LogP contribution in [0.1, 0.15) is 29.9 Å². The summed E-state index contributed by atoms with van der Waals surface area (Å²) in [5.41, 5.74) is 4.15. The summed E-state index contributed by atoms with van der Waals surface area (Å²) in [4.78, 5) is 0. The first-order valence-corrected chi connectivity index (χ1v) is 4.91. The summed E-state index contributed by atoms with van der Waals surface area (Å²) in [7, 11) is 0. The number of aromatic nitrogens is 1. The van der Waals surface area contributed by atoms with Crippen LogP contribution in [0.25, 0.3) is 5.52 Å². The Balaban J connectivity index is 2.20. The van der Waals surface area contributed by atoms with Gasteiger partial charge in [0.2, 0.25) is 0 Å². The standard InChI is InChI=1S/C12H13N/c1-9-6-12-5-4-11(10-2-3-10)8-13(12)7-9/h4-8,10H,2-3H2,1H3. The predicted molar refractivity (Wildman–Crippen MR) is 54.1 cm³/mol. The number of pyridine rings is 1. The smallest absolute Gasteiger partial charge is 0.0452 e. The number of fused-ring (bicyclic) bond motifs is 1. The van der Waals surface area contributed by atoms with E-state index in [9.17, 15) is 0 Å². The number of hydrogen-bond donors (Lipinski definition) is 0. The Morgan fingerprint density at radius 3 is 2.85 bits per heavy atom. The first-order valence-electron chi connectivity index (χ1n) is 4.91. The van der Waals surface area contributed by atoms with E-state index in [4.69, 9.17) is 0 Å². The molecule has 0 amide bonds. The van der Waals surface area contributed by atoms with Crippen LogP contribution in [0.2, 0.25) is 0 Å². The molecule has 1 aliphatic carbocycles. The van der Waals surface area contributed by atoms with Crippen LogP contribution in [-0.2, 0) is 0 Å². The Morgan fingerprint density at radius 2 is 2.08 bits per heavy atom. The lowest BCUT2D eigenvalue weighted by Gasteiger charge is -1.99. The fraction of sp³-hybridized carbons (Fsp3) is 0.333. The second-order valence-corrected chi connectivity index (χ2v) is 4.09. The highest BCUT2D eigenvalue weighted by Crippen LogP contribution is 2.39. The van der Waals surface area contributed by atoms with Gasteiger partial charge in [-0.15, -0.1) is 0 Å². The maximum atomic E-state index is 2.28. The maximum absolute atomic E-state index is 2.28. The van der Waals surface area contributed by atoms with Gasteiger partial charge in [0, 0.05) is 17.9 Å². The molecule has 1 nitrogen and oxygen atoms in total. The second-order valence-electron chi connectivity index (χ2n) is 4.09. The van der Waals surface area contributed by atoms with Crippen LogP contribution in [-0.4, -0.2) is 4.40 Å². The fourth-order valence-electron chi connectivity index (χ4n) is 1.93. The van der Waals surface area contributed by atoms with Gasteiger partial charge in [0.1, 0.15) is 0 Å². The molecule has 0 aromatic carbocycles. The monoisotopic (exact) mass is 171 g/mol. The predicted octanol–water partition coefficient (Wildman–Crippen LogP) is 3.13. The van der Waals surface area contributed by atoms with Gasteiger partial charge in [0.15, 0.2) is 0 Å². The summed E-state index contributed by atoms with van der Waals surface area (Å²) in [5.74, 6) is 0.854. The lowest BCUT2D eigenvalue weighted by Crippen LogP contribution is -1.85. The van der Waals surface area contributed by atoms with Crippen LogP contribution in [0.4, 0.5) is 0 Å². The molecule has 3 rings (SSSR count). The highest BCUT2D eigenvalue weighted by molar-refractivity contribution is 5.51. The normalized spacial score (nSPS) is 16.7. The van der Waals surface area contributed by atoms with Crippen molar-refractivity contribution in [3.8, 4) is 0 Å². The molecule has 0 atom stereocenters. The Bertz CT molecular complexity index is 449. The molecule has 0 unspecified atom stereocenters. The van der Waals surface area contributed by atoms with Crippen LogP contribution in [0.15, 0.2) is 30.6 Å². The topological polar surface area (TPSA) is 4.41 Å². The number of nitrogens with zero attached hydrogens (tertiary/aromatic N) is 1. The third-order valence-electron chi connectivity index (χ3n) is 2.80. The first kappa shape index (κ1) is 7.19. The van der Waals surface area contributed by atoms with E-state index in [2.05, 4.69) is 41.9 Å². The fourth-order valence-corrected chi connectivity index (χ4v) is 1.93. The molecule has 0 aliphatic heterocycles. The van der Waals surface area contributed by atoms with E-state index in [0.717, 1.165) is 5.92 Å². The molecule has 1 heteroatoms. The second kappa shape index (κ2) is 2.38. The van der Waals surface area contributed by atoms with E-state index >= 15 is 0 Å². The quantitative estimate of drug-likeness (QED) is 0.621. The Kier molecular flexibility index (Phi) is 1.32. The Labute approximate surface area is 78.0 Å². The summed E-state index contributed by atoms with van der Waals surface area (Å²) in [6.45, 7) is 2.14. The zero-order valence-corrected chi connectivity index (χ0v) is 7.83. The molecule has 0 bridgehead atoms. The average Bonchev–Trinajstić information content (AvgIpc) is 2.87. The molecule has 0 N–H and O–H groups in total. The van der Waals surface area contributed by atoms with E-state index in [0.29, 0.717) is 0 Å². The molecule has 2 heterocycles. The van der Waals surface area contributed by atoms with Crippen molar-refractivity contribution in [3.05, 3.63) is 41.7 Å². The van der Waals surface area contributed by atoms with E-state index in [1.807, 2.05) is 0 Å². The Hall–Kier alpha value is -1.24. The Morgan fingerprint density at radius 1 is 1.23 bits per heavy atom. The SMILES string of the molecule is Cc1cc2ccc(C3CC3)cn2c1. The molecule has 0 radical (unpaired) electrons. The van der Waals surface area contributed by atoms with Gasteiger partial charge in [-0.25, -0.2) is 0 Å². The highest BCUT2D eigenvalue weighted by Gasteiger charge is 2.23. The van der Waals surface area contributed by atoms with Crippen molar-refractivity contribution in [3.63, 3.8) is 0 Å². The number of hydrogen-bond acceptors (Lipinski definition) is 0. The summed E-state index contributed by atoms with van der Waals surface area (Å²) in [6, 6.07) is 6.71. The molecule has 2 aromatic heterocycles. The number of rotatable bonds is 1. The van der Waals surface area contributed by atoms with Crippen molar-refractivity contribution in [1.29, 1.82) is 0 Å². The van der Waals surface area contributed by atoms with Gasteiger partial charge in [-0.2, -0.15) is 0 Å². The third-order valence-corrected chi connectivity index (χ3v) is 2.80. The van der Waals surface area contributed by atoms with Crippen LogP contribution >= 0.6 is 0 Å². The van der Waals surface area contributed by atoms with Crippen LogP contribution in [0, 0.1) is 6.92 Å². The molecule has 0 saturated heterocycles. The minimum atomic E-state index is 0.854. The molecule has 1 fully saturated rings. The molecular formula is C12H13N. The largest absolute Gasteiger partial charge is 0.323 e. The van der Waals surface area contributed by atoms with Crippen LogP contribution in [0.3, 0.4) is 0 Å². The third kappa shape index (κ3) is 1.15. The minimum Gasteiger partial charge on any atom is -0.323 e. The van der Waals surface area contributed by atoms with Gasteiger partial charge in [0.05, 0.1) is 0 Å². The zero-order valence-electron chi connectivity index (χ0n) is 7.83. The number of aryl methyl sites for hydroxylation is 1. The van der Waals surface area contributed by atoms with Crippen LogP contribution < -0.4 is 0 Å². The lowest BCUT2D eigenvalue weighted by molar-refractivity contribution is 1.06. The summed E-state index contributed by atoms with van der Waals surface area (Å²) >= 11 is 0. The summed E-state index contributed by atoms with van der Waals surface area (Å²) < 4.78 is 2.24. The summed E-state index contributed by atoms with van der Waals surface area (Å²) in [6.07, 6.45) is 7.23. The van der Waals surface area contributed by atoms with E-state index in [1.165, 1.54) is 29.5 Å². The van der Waals surface area contributed by atoms with E-state index < -0.39 is 0 Å². The first-order chi connectivity index (χ1) is 6.33. The lowest BCUT2D eigenvalue weighted by atomic mass is 10.2. The molecule has 66 valence electrons. The average molecular weight is 171 g/mol. The van der Waals surface area contributed by atoms with E-state index in [-0.39, 0.29) is 0 Å². The molecule has 0 spiro atoms. The van der Waals surface area contributed by atoms with Crippen molar-refractivity contribution in [2.75, 3.05) is 0 Å². The minimum absolute atomic E-state index is 0.854. The van der Waals surface area contributed by atoms with Gasteiger partial charge >= 0.3 is 0 Å². The van der Waals surface area contributed by atoms with Crippen molar-refractivity contribution < 1.29 is 0 Å². The van der Waals surface area contributed by atoms with Gasteiger partial charge in [0.25, 0.3) is 0 Å². The van der Waals surface area contributed by atoms with Gasteiger partial charge < -0.3 is 4.40 Å². The summed E-state index contributed by atoms with van der Waals surface area (Å²) in [5, 5.41) is 0. The van der Waals surface area contributed by atoms with Crippen molar-refractivity contribution in [1.82, 2.24) is 4.40 Å². The van der Waals surface area contributed by atoms with E-state index in [1.54, 1.807) is 0 Å². The highest BCUT2D eigenvalue weighted by atomic mass is 14.9. The van der Waals surface area contributed by atoms with Gasteiger partial charge in [-0.05, 0) is 48.9 Å². The molecule has 2 aromatic rings. The molecule has 13 heavy (non-hydrogen) atoms. The van der Waals surface area contributed by atoms with Crippen molar-refractivity contribution in [2.45, 2.75) is 25.7 Å². The van der Waals surface area contributed by atoms with Crippen molar-refractivity contribution >= 4 is 5.52 Å². The molecular weight excluding hydrogens is 158 g/mol. The molecule has 1 aliphatic rings. The maximum Gasteiger partial charge on any atom is 0.0452 e. The van der Waals surface area contributed by atoms with Crippen LogP contribution in [0.5, 0.6) is 0 Å². The van der Waals surface area contributed by atoms with Gasteiger partial charge in [-0.3, -0.25) is 0 Å².